The first-order chi connectivity index (χ1) is 8.43. The van der Waals surface area contributed by atoms with Crippen LogP contribution in [0.15, 0.2) is 48.8 Å². The Hall–Kier alpha value is -1.67. The van der Waals surface area contributed by atoms with Crippen LogP contribution in [0.1, 0.15) is 17.9 Å². The number of hydrogen-bond acceptors (Lipinski definition) is 2. The fourth-order valence-corrected chi connectivity index (χ4v) is 2.41. The molecule has 1 aliphatic heterocycles. The molecule has 1 atom stereocenters. The van der Waals surface area contributed by atoms with Crippen LogP contribution in [0, 0.1) is 0 Å². The SMILES string of the molecule is c1ccc(-c2cncc(C3CCNC3)c2)cc1. The van der Waals surface area contributed by atoms with Crippen LogP contribution < -0.4 is 5.32 Å². The molecule has 1 aliphatic rings. The quantitative estimate of drug-likeness (QED) is 0.848. The van der Waals surface area contributed by atoms with Crippen LogP contribution >= 0.6 is 0 Å². The number of hydrogen-bond donors (Lipinski definition) is 1. The summed E-state index contributed by atoms with van der Waals surface area (Å²) in [5, 5.41) is 3.40. The molecular weight excluding hydrogens is 208 g/mol. The Labute approximate surface area is 102 Å². The minimum absolute atomic E-state index is 0.631. The Bertz CT molecular complexity index is 487. The molecule has 2 aromatic rings. The van der Waals surface area contributed by atoms with E-state index in [1.165, 1.54) is 23.1 Å². The van der Waals surface area contributed by atoms with E-state index in [0.29, 0.717) is 5.92 Å². The fourth-order valence-electron chi connectivity index (χ4n) is 2.41. The summed E-state index contributed by atoms with van der Waals surface area (Å²) in [6.07, 6.45) is 5.17. The lowest BCUT2D eigenvalue weighted by molar-refractivity contribution is 0.759. The van der Waals surface area contributed by atoms with Gasteiger partial charge in [-0.25, -0.2) is 0 Å². The van der Waals surface area contributed by atoms with Gasteiger partial charge in [0.15, 0.2) is 0 Å². The molecule has 0 spiro atoms. The van der Waals surface area contributed by atoms with Crippen LogP contribution in [0.5, 0.6) is 0 Å². The summed E-state index contributed by atoms with van der Waals surface area (Å²) in [4.78, 5) is 4.38. The van der Waals surface area contributed by atoms with Gasteiger partial charge in [0.05, 0.1) is 0 Å². The van der Waals surface area contributed by atoms with Crippen LogP contribution in [0.3, 0.4) is 0 Å². The van der Waals surface area contributed by atoms with Crippen molar-refractivity contribution in [3.8, 4) is 11.1 Å². The molecule has 86 valence electrons. The first-order valence-corrected chi connectivity index (χ1v) is 6.14. The van der Waals surface area contributed by atoms with Crippen molar-refractivity contribution in [1.29, 1.82) is 0 Å². The lowest BCUT2D eigenvalue weighted by Crippen LogP contribution is -2.08. The van der Waals surface area contributed by atoms with E-state index in [9.17, 15) is 0 Å². The second-order valence-electron chi connectivity index (χ2n) is 4.56. The standard InChI is InChI=1S/C15H16N2/c1-2-4-12(5-3-1)14-8-15(11-17-10-14)13-6-7-16-9-13/h1-5,8,10-11,13,16H,6-7,9H2. The molecule has 1 unspecified atom stereocenters. The predicted octanol–water partition coefficient (Wildman–Crippen LogP) is 2.83. The summed E-state index contributed by atoms with van der Waals surface area (Å²) in [6, 6.07) is 12.7. The van der Waals surface area contributed by atoms with Gasteiger partial charge in [-0.15, -0.1) is 0 Å². The monoisotopic (exact) mass is 224 g/mol. The average Bonchev–Trinajstić information content (AvgIpc) is 2.94. The number of nitrogens with one attached hydrogen (secondary N) is 1. The average molecular weight is 224 g/mol. The highest BCUT2D eigenvalue weighted by molar-refractivity contribution is 5.63. The number of aromatic nitrogens is 1. The molecule has 1 fully saturated rings. The summed E-state index contributed by atoms with van der Waals surface area (Å²) in [6.45, 7) is 2.21. The molecule has 2 heteroatoms. The molecule has 0 amide bonds. The van der Waals surface area contributed by atoms with Gasteiger partial charge in [0.2, 0.25) is 0 Å². The van der Waals surface area contributed by atoms with E-state index in [1.807, 2.05) is 18.5 Å². The Balaban J connectivity index is 1.94. The zero-order valence-electron chi connectivity index (χ0n) is 9.76. The van der Waals surface area contributed by atoms with Crippen LogP contribution in [-0.4, -0.2) is 18.1 Å². The van der Waals surface area contributed by atoms with Gasteiger partial charge >= 0.3 is 0 Å². The van der Waals surface area contributed by atoms with Crippen molar-refractivity contribution in [3.05, 3.63) is 54.4 Å². The molecule has 3 rings (SSSR count). The maximum atomic E-state index is 4.38. The molecular formula is C15H16N2. The summed E-state index contributed by atoms with van der Waals surface area (Å²) in [5.74, 6) is 0.631. The van der Waals surface area contributed by atoms with Gasteiger partial charge in [-0.3, -0.25) is 4.98 Å². The third kappa shape index (κ3) is 2.22. The molecule has 0 aliphatic carbocycles. The molecule has 2 heterocycles. The first-order valence-electron chi connectivity index (χ1n) is 6.14. The molecule has 1 aromatic carbocycles. The molecule has 1 saturated heterocycles. The van der Waals surface area contributed by atoms with Gasteiger partial charge in [-0.1, -0.05) is 30.3 Å². The zero-order valence-corrected chi connectivity index (χ0v) is 9.76. The topological polar surface area (TPSA) is 24.9 Å². The molecule has 0 radical (unpaired) electrons. The highest BCUT2D eigenvalue weighted by atomic mass is 14.9. The molecule has 17 heavy (non-hydrogen) atoms. The van der Waals surface area contributed by atoms with Gasteiger partial charge in [0.25, 0.3) is 0 Å². The third-order valence-electron chi connectivity index (χ3n) is 3.40. The number of nitrogens with zero attached hydrogens (tertiary/aromatic N) is 1. The van der Waals surface area contributed by atoms with Crippen molar-refractivity contribution in [2.24, 2.45) is 0 Å². The van der Waals surface area contributed by atoms with Crippen LogP contribution in [0.2, 0.25) is 0 Å². The molecule has 0 bridgehead atoms. The Morgan fingerprint density at radius 1 is 1.06 bits per heavy atom. The summed E-state index contributed by atoms with van der Waals surface area (Å²) < 4.78 is 0. The van der Waals surface area contributed by atoms with Crippen molar-refractivity contribution < 1.29 is 0 Å². The van der Waals surface area contributed by atoms with E-state index in [2.05, 4.69) is 40.6 Å². The van der Waals surface area contributed by atoms with E-state index >= 15 is 0 Å². The van der Waals surface area contributed by atoms with Gasteiger partial charge in [0, 0.05) is 24.5 Å². The second-order valence-corrected chi connectivity index (χ2v) is 4.56. The smallest absolute Gasteiger partial charge is 0.0346 e. The number of benzene rings is 1. The minimum Gasteiger partial charge on any atom is -0.316 e. The zero-order chi connectivity index (χ0) is 11.5. The van der Waals surface area contributed by atoms with E-state index in [4.69, 9.17) is 0 Å². The normalized spacial score (nSPS) is 19.4. The van der Waals surface area contributed by atoms with Crippen LogP contribution in [0.25, 0.3) is 11.1 Å². The first kappa shape index (κ1) is 10.5. The van der Waals surface area contributed by atoms with E-state index in [-0.39, 0.29) is 0 Å². The van der Waals surface area contributed by atoms with Crippen molar-refractivity contribution in [1.82, 2.24) is 10.3 Å². The second kappa shape index (κ2) is 4.68. The highest BCUT2D eigenvalue weighted by Crippen LogP contribution is 2.26. The van der Waals surface area contributed by atoms with E-state index in [1.54, 1.807) is 0 Å². The van der Waals surface area contributed by atoms with Gasteiger partial charge < -0.3 is 5.32 Å². The molecule has 2 nitrogen and oxygen atoms in total. The fraction of sp³-hybridized carbons (Fsp3) is 0.267. The van der Waals surface area contributed by atoms with Crippen molar-refractivity contribution >= 4 is 0 Å². The van der Waals surface area contributed by atoms with Crippen LogP contribution in [-0.2, 0) is 0 Å². The maximum Gasteiger partial charge on any atom is 0.0346 e. The minimum atomic E-state index is 0.631. The lowest BCUT2D eigenvalue weighted by Gasteiger charge is -2.10. The van der Waals surface area contributed by atoms with E-state index < -0.39 is 0 Å². The van der Waals surface area contributed by atoms with Gasteiger partial charge in [-0.05, 0) is 36.1 Å². The molecule has 1 aromatic heterocycles. The largest absolute Gasteiger partial charge is 0.316 e. The van der Waals surface area contributed by atoms with Crippen molar-refractivity contribution in [3.63, 3.8) is 0 Å². The number of pyridine rings is 1. The summed E-state index contributed by atoms with van der Waals surface area (Å²) in [5.41, 5.74) is 3.82. The molecule has 1 N–H and O–H groups in total. The molecule has 0 saturated carbocycles. The Morgan fingerprint density at radius 2 is 1.94 bits per heavy atom. The van der Waals surface area contributed by atoms with Gasteiger partial charge in [0.1, 0.15) is 0 Å². The van der Waals surface area contributed by atoms with E-state index in [0.717, 1.165) is 13.1 Å². The van der Waals surface area contributed by atoms with Crippen LogP contribution in [0.4, 0.5) is 0 Å². The summed E-state index contributed by atoms with van der Waals surface area (Å²) >= 11 is 0. The third-order valence-corrected chi connectivity index (χ3v) is 3.40. The summed E-state index contributed by atoms with van der Waals surface area (Å²) in [7, 11) is 0. The maximum absolute atomic E-state index is 4.38. The van der Waals surface area contributed by atoms with Crippen molar-refractivity contribution in [2.45, 2.75) is 12.3 Å². The van der Waals surface area contributed by atoms with Crippen molar-refractivity contribution in [2.75, 3.05) is 13.1 Å². The number of rotatable bonds is 2. The highest BCUT2D eigenvalue weighted by Gasteiger charge is 2.17. The predicted molar refractivity (Wildman–Crippen MR) is 69.9 cm³/mol. The van der Waals surface area contributed by atoms with Gasteiger partial charge in [-0.2, -0.15) is 0 Å². The Morgan fingerprint density at radius 3 is 2.71 bits per heavy atom. The Kier molecular flexibility index (Phi) is 2.88. The lowest BCUT2D eigenvalue weighted by atomic mass is 9.97.